The molecule has 7 aromatic carbocycles. The summed E-state index contributed by atoms with van der Waals surface area (Å²) < 4.78 is 6.13. The average Bonchev–Trinajstić information content (AvgIpc) is 3.93. The van der Waals surface area contributed by atoms with Crippen LogP contribution in [-0.4, -0.2) is 18.9 Å². The molecule has 0 saturated carbocycles. The summed E-state index contributed by atoms with van der Waals surface area (Å²) in [6, 6.07) is 56.8. The van der Waals surface area contributed by atoms with E-state index in [1.165, 1.54) is 75.6 Å². The van der Waals surface area contributed by atoms with Gasteiger partial charge in [-0.25, -0.2) is 9.97 Å². The van der Waals surface area contributed by atoms with Crippen molar-refractivity contribution in [1.29, 1.82) is 0 Å². The Morgan fingerprint density at radius 2 is 1.06 bits per heavy atom. The van der Waals surface area contributed by atoms with Crippen molar-refractivity contribution in [2.24, 2.45) is 0 Å². The summed E-state index contributed by atoms with van der Waals surface area (Å²) >= 11 is 1.74. The summed E-state index contributed by atoms with van der Waals surface area (Å²) in [6.07, 6.45) is 0. The van der Waals surface area contributed by atoms with E-state index in [4.69, 9.17) is 9.97 Å². The Kier molecular flexibility index (Phi) is 5.35. The number of thiophene rings is 1. The fourth-order valence-corrected chi connectivity index (χ4v) is 9.59. The monoisotopic (exact) mass is 666 g/mol. The summed E-state index contributed by atoms with van der Waals surface area (Å²) in [4.78, 5) is 11.8. The minimum atomic E-state index is 0.729. The zero-order valence-corrected chi connectivity index (χ0v) is 28.0. The fraction of sp³-hybridized carbons (Fsp3) is 0. The molecule has 5 aromatic heterocycles. The molecule has 0 atom stereocenters. The maximum absolute atomic E-state index is 5.54. The number of benzene rings is 7. The van der Waals surface area contributed by atoms with Crippen molar-refractivity contribution in [3.05, 3.63) is 158 Å². The molecule has 51 heavy (non-hydrogen) atoms. The van der Waals surface area contributed by atoms with Crippen LogP contribution in [0.25, 0.3) is 109 Å². The number of para-hydroxylation sites is 2. The van der Waals surface area contributed by atoms with Gasteiger partial charge in [0.2, 0.25) is 0 Å². The maximum atomic E-state index is 5.54. The van der Waals surface area contributed by atoms with Gasteiger partial charge in [-0.1, -0.05) is 121 Å². The van der Waals surface area contributed by atoms with Crippen molar-refractivity contribution in [1.82, 2.24) is 18.9 Å². The van der Waals surface area contributed by atoms with E-state index in [9.17, 15) is 0 Å². The van der Waals surface area contributed by atoms with E-state index in [1.54, 1.807) is 11.3 Å². The Bertz CT molecular complexity index is 3350. The third-order valence-electron chi connectivity index (χ3n) is 10.7. The molecule has 0 N–H and O–H groups in total. The molecule has 236 valence electrons. The van der Waals surface area contributed by atoms with Crippen molar-refractivity contribution >= 4 is 91.5 Å². The molecule has 5 heterocycles. The van der Waals surface area contributed by atoms with Gasteiger partial charge in [0, 0.05) is 48.0 Å². The smallest absolute Gasteiger partial charge is 0.163 e. The van der Waals surface area contributed by atoms with Gasteiger partial charge < -0.3 is 4.40 Å². The van der Waals surface area contributed by atoms with Crippen LogP contribution < -0.4 is 0 Å². The van der Waals surface area contributed by atoms with Crippen LogP contribution in [0.2, 0.25) is 0 Å². The van der Waals surface area contributed by atoms with Crippen molar-refractivity contribution < 1.29 is 0 Å². The summed E-state index contributed by atoms with van der Waals surface area (Å²) in [6.45, 7) is 0. The number of fused-ring (bicyclic) bond motifs is 13. The van der Waals surface area contributed by atoms with Crippen LogP contribution in [0.15, 0.2) is 158 Å². The van der Waals surface area contributed by atoms with E-state index in [0.29, 0.717) is 0 Å². The minimum Gasteiger partial charge on any atom is -0.308 e. The lowest BCUT2D eigenvalue weighted by molar-refractivity contribution is 1.08. The van der Waals surface area contributed by atoms with E-state index >= 15 is 0 Å². The maximum Gasteiger partial charge on any atom is 0.163 e. The summed E-state index contributed by atoms with van der Waals surface area (Å²) in [5.41, 5.74) is 9.39. The molecule has 0 saturated heterocycles. The second-order valence-electron chi connectivity index (χ2n) is 13.4. The topological polar surface area (TPSA) is 35.1 Å². The number of hydrogen-bond acceptors (Lipinski definition) is 3. The van der Waals surface area contributed by atoms with Gasteiger partial charge in [0.15, 0.2) is 11.6 Å². The van der Waals surface area contributed by atoms with Crippen molar-refractivity contribution in [3.63, 3.8) is 0 Å². The summed E-state index contributed by atoms with van der Waals surface area (Å²) in [5, 5.41) is 9.72. The first-order valence-electron chi connectivity index (χ1n) is 17.3. The highest BCUT2D eigenvalue weighted by molar-refractivity contribution is 7.25. The molecule has 0 bridgehead atoms. The number of hydrogen-bond donors (Lipinski definition) is 0. The van der Waals surface area contributed by atoms with Gasteiger partial charge in [0.1, 0.15) is 4.83 Å². The van der Waals surface area contributed by atoms with Gasteiger partial charge in [-0.3, -0.25) is 4.57 Å². The van der Waals surface area contributed by atoms with Crippen LogP contribution in [0.5, 0.6) is 0 Å². The predicted octanol–water partition coefficient (Wildman–Crippen LogP) is 12.4. The fourth-order valence-electron chi connectivity index (χ4n) is 8.52. The molecule has 0 spiro atoms. The molecular formula is C46H26N4S. The first kappa shape index (κ1) is 27.3. The van der Waals surface area contributed by atoms with Gasteiger partial charge in [-0.2, -0.15) is 0 Å². The molecule has 0 amide bonds. The van der Waals surface area contributed by atoms with E-state index in [1.807, 2.05) is 6.07 Å². The highest BCUT2D eigenvalue weighted by Gasteiger charge is 2.27. The number of aromatic nitrogens is 4. The quantitative estimate of drug-likeness (QED) is 0.188. The molecular weight excluding hydrogens is 641 g/mol. The Labute approximate surface area is 295 Å². The van der Waals surface area contributed by atoms with E-state index in [-0.39, 0.29) is 0 Å². The van der Waals surface area contributed by atoms with Crippen LogP contribution in [-0.2, 0) is 0 Å². The Balaban J connectivity index is 1.35. The van der Waals surface area contributed by atoms with Gasteiger partial charge in [-0.15, -0.1) is 11.3 Å². The lowest BCUT2D eigenvalue weighted by atomic mass is 10.0. The molecule has 0 unspecified atom stereocenters. The van der Waals surface area contributed by atoms with Crippen LogP contribution in [0.1, 0.15) is 0 Å². The average molecular weight is 667 g/mol. The van der Waals surface area contributed by atoms with E-state index < -0.39 is 0 Å². The van der Waals surface area contributed by atoms with Gasteiger partial charge in [-0.05, 0) is 47.5 Å². The Hall–Kier alpha value is -6.56. The molecule has 0 aliphatic carbocycles. The second kappa shape index (κ2) is 10.0. The molecule has 0 fully saturated rings. The Morgan fingerprint density at radius 3 is 1.86 bits per heavy atom. The second-order valence-corrected chi connectivity index (χ2v) is 14.4. The van der Waals surface area contributed by atoms with Crippen LogP contribution in [0, 0.1) is 0 Å². The highest BCUT2D eigenvalue weighted by Crippen LogP contribution is 2.48. The molecule has 4 nitrogen and oxygen atoms in total. The lowest BCUT2D eigenvalue weighted by Crippen LogP contribution is -2.02. The predicted molar refractivity (Wildman–Crippen MR) is 215 cm³/mol. The molecule has 0 aliphatic heterocycles. The standard InChI is InChI=1S/C46H26N4S/c1-3-13-27(14-4-1)29-23-24-38-33(25-29)35-26-34-30-17-7-10-20-36(30)49-37-21-11-8-18-31(37)40(42(34)49)43(35)50(38)45-41-32-19-9-12-22-39(32)51-46(41)48-44(47-45)28-15-5-2-6-16-28/h1-26H. The molecule has 5 heteroatoms. The van der Waals surface area contributed by atoms with Crippen LogP contribution in [0.4, 0.5) is 0 Å². The van der Waals surface area contributed by atoms with Gasteiger partial charge in [0.05, 0.1) is 33.0 Å². The lowest BCUT2D eigenvalue weighted by Gasteiger charge is -2.12. The zero-order valence-electron chi connectivity index (χ0n) is 27.2. The number of rotatable bonds is 3. The Morgan fingerprint density at radius 1 is 0.412 bits per heavy atom. The number of nitrogens with zero attached hydrogens (tertiary/aromatic N) is 4. The highest BCUT2D eigenvalue weighted by atomic mass is 32.1. The first-order chi connectivity index (χ1) is 25.3. The summed E-state index contributed by atoms with van der Waals surface area (Å²) in [7, 11) is 0. The third-order valence-corrected chi connectivity index (χ3v) is 11.7. The molecule has 12 aromatic rings. The zero-order chi connectivity index (χ0) is 33.2. The SMILES string of the molecule is c1ccc(-c2ccc3c(c2)c2cc4c5ccccc5n5c6ccccc6c(c2n3-c2nc(-c3ccccc3)nc3sc6ccccc6c23)c45)cc1. The normalized spacial score (nSPS) is 12.3. The van der Waals surface area contributed by atoms with Crippen molar-refractivity contribution in [2.75, 3.05) is 0 Å². The van der Waals surface area contributed by atoms with Crippen LogP contribution in [0.3, 0.4) is 0 Å². The van der Waals surface area contributed by atoms with E-state index in [0.717, 1.165) is 32.9 Å². The van der Waals surface area contributed by atoms with E-state index in [2.05, 4.69) is 161 Å². The largest absolute Gasteiger partial charge is 0.308 e. The van der Waals surface area contributed by atoms with Gasteiger partial charge in [0.25, 0.3) is 0 Å². The first-order valence-corrected chi connectivity index (χ1v) is 18.1. The molecule has 12 rings (SSSR count). The minimum absolute atomic E-state index is 0.729. The molecule has 0 aliphatic rings. The van der Waals surface area contributed by atoms with Crippen molar-refractivity contribution in [2.45, 2.75) is 0 Å². The third kappa shape index (κ3) is 3.63. The summed E-state index contributed by atoms with van der Waals surface area (Å²) in [5.74, 6) is 1.64. The van der Waals surface area contributed by atoms with Gasteiger partial charge >= 0.3 is 0 Å². The molecule has 0 radical (unpaired) electrons. The van der Waals surface area contributed by atoms with Crippen molar-refractivity contribution in [3.8, 4) is 28.3 Å². The van der Waals surface area contributed by atoms with Crippen LogP contribution >= 0.6 is 11.3 Å².